The fourth-order valence-electron chi connectivity index (χ4n) is 3.42. The van der Waals surface area contributed by atoms with Crippen LogP contribution in [0.25, 0.3) is 0 Å². The molecule has 24 heavy (non-hydrogen) atoms. The van der Waals surface area contributed by atoms with Crippen LogP contribution >= 0.6 is 0 Å². The summed E-state index contributed by atoms with van der Waals surface area (Å²) in [5.74, 6) is -1.81. The summed E-state index contributed by atoms with van der Waals surface area (Å²) < 4.78 is 0. The van der Waals surface area contributed by atoms with Crippen LogP contribution < -0.4 is 22.5 Å². The third-order valence-corrected chi connectivity index (χ3v) is 4.83. The first-order valence-corrected chi connectivity index (χ1v) is 8.13. The van der Waals surface area contributed by atoms with Crippen LogP contribution in [0.15, 0.2) is 0 Å². The standard InChI is InChI=1S/C15H27BN4O4/c16-4-3-10-1-2-11(15(19,5-10)13(23)24)7-20-8-14(18,9-21)6-12(17)22/h9-11,20H,1-8,18-19H2,(H2,17,22)(H,23,24)/t10-,11-,14+,15+/m0/s1. The lowest BCUT2D eigenvalue weighted by molar-refractivity contribution is -0.148. The van der Waals surface area contributed by atoms with E-state index in [9.17, 15) is 19.5 Å². The van der Waals surface area contributed by atoms with Gasteiger partial charge in [0.15, 0.2) is 0 Å². The maximum atomic E-state index is 11.7. The first kappa shape index (κ1) is 20.6. The van der Waals surface area contributed by atoms with Gasteiger partial charge in [-0.05, 0) is 25.2 Å². The van der Waals surface area contributed by atoms with Gasteiger partial charge in [0.05, 0.1) is 19.8 Å². The molecular weight excluding hydrogens is 311 g/mol. The Balaban J connectivity index is 2.67. The largest absolute Gasteiger partial charge is 0.480 e. The molecule has 0 aromatic carbocycles. The molecule has 0 aromatic rings. The molecule has 1 amide bonds. The van der Waals surface area contributed by atoms with Gasteiger partial charge in [-0.2, -0.15) is 0 Å². The molecule has 1 aliphatic carbocycles. The third kappa shape index (κ3) is 5.29. The van der Waals surface area contributed by atoms with Gasteiger partial charge in [0.2, 0.25) is 5.91 Å². The summed E-state index contributed by atoms with van der Waals surface area (Å²) in [5.41, 5.74) is 14.3. The Bertz CT molecular complexity index is 478. The van der Waals surface area contributed by atoms with E-state index in [1.54, 1.807) is 0 Å². The molecule has 9 heteroatoms. The van der Waals surface area contributed by atoms with Crippen LogP contribution in [0, 0.1) is 11.8 Å². The Morgan fingerprint density at radius 3 is 2.58 bits per heavy atom. The summed E-state index contributed by atoms with van der Waals surface area (Å²) in [7, 11) is 5.56. The third-order valence-electron chi connectivity index (χ3n) is 4.83. The highest BCUT2D eigenvalue weighted by atomic mass is 16.4. The maximum absolute atomic E-state index is 11.7. The number of carboxylic acid groups (broad SMARTS) is 1. The minimum atomic E-state index is -1.40. The summed E-state index contributed by atoms with van der Waals surface area (Å²) in [6, 6.07) is 0. The molecule has 0 unspecified atom stereocenters. The fourth-order valence-corrected chi connectivity index (χ4v) is 3.42. The molecule has 0 saturated heterocycles. The van der Waals surface area contributed by atoms with Gasteiger partial charge < -0.3 is 32.4 Å². The Morgan fingerprint density at radius 1 is 1.42 bits per heavy atom. The van der Waals surface area contributed by atoms with Gasteiger partial charge in [-0.25, -0.2) is 0 Å². The zero-order valence-electron chi connectivity index (χ0n) is 13.9. The average Bonchev–Trinajstić information content (AvgIpc) is 2.49. The summed E-state index contributed by atoms with van der Waals surface area (Å²) >= 11 is 0. The molecule has 0 aliphatic heterocycles. The Kier molecular flexibility index (Phi) is 7.38. The molecular formula is C15H27BN4O4. The quantitative estimate of drug-likeness (QED) is 0.240. The second kappa shape index (κ2) is 8.59. The van der Waals surface area contributed by atoms with Crippen LogP contribution in [0.4, 0.5) is 0 Å². The number of carbonyl (C=O) groups excluding carboxylic acids is 2. The van der Waals surface area contributed by atoms with Gasteiger partial charge in [-0.15, -0.1) is 0 Å². The van der Waals surface area contributed by atoms with Gasteiger partial charge in [-0.3, -0.25) is 9.59 Å². The monoisotopic (exact) mass is 338 g/mol. The van der Waals surface area contributed by atoms with Crippen molar-refractivity contribution in [3.8, 4) is 0 Å². The molecule has 2 radical (unpaired) electrons. The number of hydrogen-bond acceptors (Lipinski definition) is 6. The van der Waals surface area contributed by atoms with Crippen molar-refractivity contribution in [2.24, 2.45) is 29.0 Å². The van der Waals surface area contributed by atoms with Crippen molar-refractivity contribution in [1.29, 1.82) is 0 Å². The molecule has 8 nitrogen and oxygen atoms in total. The van der Waals surface area contributed by atoms with Crippen LogP contribution in [0.1, 0.15) is 32.1 Å². The normalized spacial score (nSPS) is 29.6. The van der Waals surface area contributed by atoms with Crippen LogP contribution in [-0.4, -0.2) is 55.3 Å². The lowest BCUT2D eigenvalue weighted by Gasteiger charge is -2.42. The zero-order chi connectivity index (χ0) is 18.4. The lowest BCUT2D eigenvalue weighted by Crippen LogP contribution is -2.61. The van der Waals surface area contributed by atoms with E-state index >= 15 is 0 Å². The number of primary amides is 1. The molecule has 1 fully saturated rings. The van der Waals surface area contributed by atoms with E-state index in [1.807, 2.05) is 0 Å². The van der Waals surface area contributed by atoms with E-state index in [-0.39, 0.29) is 24.8 Å². The van der Waals surface area contributed by atoms with Gasteiger partial charge in [0.1, 0.15) is 11.8 Å². The fraction of sp³-hybridized carbons (Fsp3) is 0.800. The van der Waals surface area contributed by atoms with Gasteiger partial charge in [0, 0.05) is 19.0 Å². The van der Waals surface area contributed by atoms with Gasteiger partial charge in [-0.1, -0.05) is 12.7 Å². The molecule has 134 valence electrons. The predicted octanol–water partition coefficient (Wildman–Crippen LogP) is -1.48. The first-order chi connectivity index (χ1) is 11.2. The molecule has 8 N–H and O–H groups in total. The number of nitrogens with two attached hydrogens (primary N) is 3. The molecule has 1 rings (SSSR count). The van der Waals surface area contributed by atoms with Crippen LogP contribution in [0.3, 0.4) is 0 Å². The second-order valence-corrected chi connectivity index (χ2v) is 6.89. The minimum Gasteiger partial charge on any atom is -0.480 e. The molecule has 0 bridgehead atoms. The number of carbonyl (C=O) groups is 3. The summed E-state index contributed by atoms with van der Waals surface area (Å²) in [5, 5.41) is 12.5. The highest BCUT2D eigenvalue weighted by molar-refractivity contribution is 6.08. The molecule has 0 aromatic heterocycles. The Morgan fingerprint density at radius 2 is 2.08 bits per heavy atom. The number of carboxylic acids is 1. The van der Waals surface area contributed by atoms with Crippen molar-refractivity contribution in [3.05, 3.63) is 0 Å². The van der Waals surface area contributed by atoms with E-state index in [1.165, 1.54) is 0 Å². The molecule has 1 saturated carbocycles. The van der Waals surface area contributed by atoms with E-state index < -0.39 is 23.0 Å². The first-order valence-electron chi connectivity index (χ1n) is 8.13. The van der Waals surface area contributed by atoms with E-state index in [4.69, 9.17) is 25.0 Å². The van der Waals surface area contributed by atoms with E-state index in [0.717, 1.165) is 12.8 Å². The number of rotatable bonds is 10. The SMILES string of the molecule is [B]CC[C@@H]1CC[C@@H](CNC[C@@](N)(C=O)CC(N)=O)[C@@](N)(C(=O)O)C1. The second-order valence-electron chi connectivity index (χ2n) is 6.89. The summed E-state index contributed by atoms with van der Waals surface area (Å²) in [6.45, 7) is 0.321. The van der Waals surface area contributed by atoms with Gasteiger partial charge >= 0.3 is 5.97 Å². The van der Waals surface area contributed by atoms with Gasteiger partial charge in [0.25, 0.3) is 0 Å². The Labute approximate surface area is 143 Å². The molecule has 4 atom stereocenters. The number of amides is 1. The number of aldehydes is 1. The van der Waals surface area contributed by atoms with Crippen LogP contribution in [0.2, 0.25) is 6.32 Å². The molecule has 1 aliphatic rings. The highest BCUT2D eigenvalue weighted by Gasteiger charge is 2.46. The number of hydrogen-bond donors (Lipinski definition) is 5. The van der Waals surface area contributed by atoms with Crippen LogP contribution in [0.5, 0.6) is 0 Å². The molecule has 0 spiro atoms. The smallest absolute Gasteiger partial charge is 0.324 e. The van der Waals surface area contributed by atoms with Crippen molar-refractivity contribution < 1.29 is 19.5 Å². The summed E-state index contributed by atoms with van der Waals surface area (Å²) in [4.78, 5) is 33.7. The highest BCUT2D eigenvalue weighted by Crippen LogP contribution is 2.37. The molecule has 0 heterocycles. The summed E-state index contributed by atoms with van der Waals surface area (Å²) in [6.07, 6.45) is 3.34. The lowest BCUT2D eigenvalue weighted by atomic mass is 9.67. The average molecular weight is 338 g/mol. The van der Waals surface area contributed by atoms with Crippen molar-refractivity contribution in [2.75, 3.05) is 13.1 Å². The zero-order valence-corrected chi connectivity index (χ0v) is 13.9. The van der Waals surface area contributed by atoms with Crippen molar-refractivity contribution in [1.82, 2.24) is 5.32 Å². The minimum absolute atomic E-state index is 0.0257. The van der Waals surface area contributed by atoms with Crippen molar-refractivity contribution in [2.45, 2.75) is 49.5 Å². The van der Waals surface area contributed by atoms with Crippen molar-refractivity contribution >= 4 is 26.0 Å². The van der Waals surface area contributed by atoms with E-state index in [0.29, 0.717) is 32.0 Å². The number of aliphatic carboxylic acids is 1. The predicted molar refractivity (Wildman–Crippen MR) is 90.2 cm³/mol. The maximum Gasteiger partial charge on any atom is 0.324 e. The topological polar surface area (TPSA) is 162 Å². The van der Waals surface area contributed by atoms with Crippen molar-refractivity contribution in [3.63, 3.8) is 0 Å². The van der Waals surface area contributed by atoms with E-state index in [2.05, 4.69) is 5.32 Å². The number of nitrogens with one attached hydrogen (secondary N) is 1. The van der Waals surface area contributed by atoms with Crippen LogP contribution in [-0.2, 0) is 14.4 Å². The Hall–Kier alpha value is -1.45.